The van der Waals surface area contributed by atoms with Gasteiger partial charge in [0.1, 0.15) is 18.0 Å². The predicted molar refractivity (Wildman–Crippen MR) is 105 cm³/mol. The first kappa shape index (κ1) is 22.0. The molecule has 0 radical (unpaired) electrons. The highest BCUT2D eigenvalue weighted by Crippen LogP contribution is 2.28. The quantitative estimate of drug-likeness (QED) is 0.265. The molecule has 13 heteroatoms. The van der Waals surface area contributed by atoms with Crippen LogP contribution in [-0.4, -0.2) is 31.0 Å². The van der Waals surface area contributed by atoms with E-state index in [9.17, 15) is 23.3 Å². The third-order valence-corrected chi connectivity index (χ3v) is 5.37. The van der Waals surface area contributed by atoms with Crippen LogP contribution < -0.4 is 10.0 Å². The monoisotopic (exact) mass is 450 g/mol. The van der Waals surface area contributed by atoms with Crippen LogP contribution in [0.4, 0.5) is 11.4 Å². The first-order valence-electron chi connectivity index (χ1n) is 8.87. The highest BCUT2D eigenvalue weighted by Gasteiger charge is 2.22. The van der Waals surface area contributed by atoms with Crippen LogP contribution in [0.3, 0.4) is 0 Å². The average molecular weight is 450 g/mol. The minimum atomic E-state index is -4.20. The zero-order chi connectivity index (χ0) is 22.4. The molecule has 0 unspecified atom stereocenters. The molecule has 3 rings (SSSR count). The Morgan fingerprint density at radius 2 is 2.06 bits per heavy atom. The molecule has 0 saturated heterocycles. The Labute approximate surface area is 176 Å². The van der Waals surface area contributed by atoms with Crippen LogP contribution in [0, 0.1) is 17.0 Å². The number of aryl methyl sites for hydroxylation is 1. The molecule has 0 saturated carbocycles. The fourth-order valence-electron chi connectivity index (χ4n) is 2.50. The molecule has 0 aliphatic heterocycles. The number of nitro groups is 1. The molecule has 0 atom stereocenters. The van der Waals surface area contributed by atoms with Crippen LogP contribution in [0.25, 0.3) is 0 Å². The molecule has 0 spiro atoms. The van der Waals surface area contributed by atoms with Crippen LogP contribution >= 0.6 is 0 Å². The highest BCUT2D eigenvalue weighted by atomic mass is 32.2. The average Bonchev–Trinajstić information content (AvgIpc) is 3.40. The lowest BCUT2D eigenvalue weighted by Gasteiger charge is -2.09. The molecule has 1 aromatic carbocycles. The Hall–Kier alpha value is -3.71. The zero-order valence-electron chi connectivity index (χ0n) is 16.2. The van der Waals surface area contributed by atoms with Gasteiger partial charge in [0.15, 0.2) is 12.4 Å². The molecule has 164 valence electrons. The van der Waals surface area contributed by atoms with Crippen molar-refractivity contribution in [3.8, 4) is 0 Å². The summed E-state index contributed by atoms with van der Waals surface area (Å²) in [5, 5.41) is 17.8. The third kappa shape index (κ3) is 5.90. The number of aromatic nitrogens is 1. The molecule has 2 aromatic heterocycles. The number of anilines is 1. The minimum absolute atomic E-state index is 0.113. The number of nitrogens with zero attached hydrogens (tertiary/aromatic N) is 2. The van der Waals surface area contributed by atoms with Crippen molar-refractivity contribution in [3.63, 3.8) is 0 Å². The lowest BCUT2D eigenvalue weighted by atomic mass is 10.2. The van der Waals surface area contributed by atoms with E-state index in [0.29, 0.717) is 17.2 Å². The van der Waals surface area contributed by atoms with Crippen LogP contribution in [0.1, 0.15) is 17.2 Å². The number of carbonyl (C=O) groups excluding carboxylic acids is 1. The van der Waals surface area contributed by atoms with E-state index in [2.05, 4.69) is 10.5 Å². The molecule has 0 fully saturated rings. The largest absolute Gasteiger partial charge is 0.467 e. The number of benzene rings is 1. The number of furan rings is 1. The minimum Gasteiger partial charge on any atom is -0.467 e. The van der Waals surface area contributed by atoms with Gasteiger partial charge in [0.05, 0.1) is 28.3 Å². The van der Waals surface area contributed by atoms with Gasteiger partial charge in [-0.1, -0.05) is 5.16 Å². The molecular weight excluding hydrogens is 432 g/mol. The highest BCUT2D eigenvalue weighted by molar-refractivity contribution is 7.89. The molecule has 0 bridgehead atoms. The molecule has 3 aromatic rings. The topological polar surface area (TPSA) is 167 Å². The van der Waals surface area contributed by atoms with E-state index < -0.39 is 33.1 Å². The summed E-state index contributed by atoms with van der Waals surface area (Å²) in [6.07, 6.45) is 1.46. The van der Waals surface area contributed by atoms with Gasteiger partial charge in [-0.3, -0.25) is 14.9 Å². The van der Waals surface area contributed by atoms with Crippen LogP contribution in [0.2, 0.25) is 0 Å². The SMILES string of the molecule is Cc1cc(COC(=O)CNS(=O)(=O)c2ccc(NCc3ccco3)c([N+](=O)[O-])c2)on1. The standard InChI is InChI=1S/C18H18N4O8S/c1-12-7-14(30-21-12)11-29-18(23)10-20-31(26,27)15-4-5-16(17(8-15)22(24)25)19-9-13-3-2-6-28-13/h2-8,19-20H,9-11H2,1H3. The Balaban J connectivity index is 1.63. The maximum Gasteiger partial charge on any atom is 0.321 e. The number of rotatable bonds is 10. The van der Waals surface area contributed by atoms with Gasteiger partial charge in [-0.15, -0.1) is 0 Å². The Morgan fingerprint density at radius 3 is 2.71 bits per heavy atom. The molecule has 0 aliphatic carbocycles. The second-order valence-electron chi connectivity index (χ2n) is 6.29. The summed E-state index contributed by atoms with van der Waals surface area (Å²) in [4.78, 5) is 22.1. The number of hydrogen-bond donors (Lipinski definition) is 2. The molecule has 31 heavy (non-hydrogen) atoms. The Kier molecular flexibility index (Phi) is 6.67. The van der Waals surface area contributed by atoms with Gasteiger partial charge in [-0.2, -0.15) is 4.72 Å². The third-order valence-electron chi connectivity index (χ3n) is 3.97. The smallest absolute Gasteiger partial charge is 0.321 e. The van der Waals surface area contributed by atoms with E-state index in [1.54, 1.807) is 25.1 Å². The fourth-order valence-corrected chi connectivity index (χ4v) is 3.49. The van der Waals surface area contributed by atoms with Crippen molar-refractivity contribution >= 4 is 27.4 Å². The summed E-state index contributed by atoms with van der Waals surface area (Å²) < 4.78 is 41.8. The zero-order valence-corrected chi connectivity index (χ0v) is 17.0. The Bertz CT molecular complexity index is 1170. The first-order chi connectivity index (χ1) is 14.7. The van der Waals surface area contributed by atoms with Gasteiger partial charge in [-0.05, 0) is 31.2 Å². The second-order valence-corrected chi connectivity index (χ2v) is 8.06. The maximum absolute atomic E-state index is 12.4. The van der Waals surface area contributed by atoms with Crippen molar-refractivity contribution in [2.75, 3.05) is 11.9 Å². The lowest BCUT2D eigenvalue weighted by molar-refractivity contribution is -0.384. The van der Waals surface area contributed by atoms with Crippen molar-refractivity contribution in [1.29, 1.82) is 0 Å². The van der Waals surface area contributed by atoms with Crippen molar-refractivity contribution in [3.05, 3.63) is 70.0 Å². The molecular formula is C18H18N4O8S. The summed E-state index contributed by atoms with van der Waals surface area (Å²) in [5.41, 5.74) is 0.273. The number of nitrogens with one attached hydrogen (secondary N) is 2. The number of nitro benzene ring substituents is 1. The second kappa shape index (κ2) is 9.40. The molecule has 0 aliphatic rings. The van der Waals surface area contributed by atoms with Gasteiger partial charge >= 0.3 is 5.97 Å². The molecule has 12 nitrogen and oxygen atoms in total. The van der Waals surface area contributed by atoms with Crippen molar-refractivity contribution < 1.29 is 31.8 Å². The van der Waals surface area contributed by atoms with Gasteiger partial charge < -0.3 is 19.0 Å². The molecule has 0 amide bonds. The predicted octanol–water partition coefficient (Wildman–Crippen LogP) is 2.12. The van der Waals surface area contributed by atoms with Crippen molar-refractivity contribution in [2.45, 2.75) is 25.0 Å². The summed E-state index contributed by atoms with van der Waals surface area (Å²) in [6, 6.07) is 8.27. The number of ether oxygens (including phenoxy) is 1. The van der Waals surface area contributed by atoms with E-state index in [0.717, 1.165) is 6.07 Å². The lowest BCUT2D eigenvalue weighted by Crippen LogP contribution is -2.30. The van der Waals surface area contributed by atoms with E-state index in [1.807, 2.05) is 4.72 Å². The van der Waals surface area contributed by atoms with Crippen molar-refractivity contribution in [1.82, 2.24) is 9.88 Å². The number of sulfonamides is 1. The van der Waals surface area contributed by atoms with E-state index in [1.165, 1.54) is 18.4 Å². The van der Waals surface area contributed by atoms with Crippen LogP contribution in [0.5, 0.6) is 0 Å². The first-order valence-corrected chi connectivity index (χ1v) is 10.3. The van der Waals surface area contributed by atoms with Crippen molar-refractivity contribution in [2.24, 2.45) is 0 Å². The maximum atomic E-state index is 12.4. The number of carbonyl (C=O) groups is 1. The van der Waals surface area contributed by atoms with Gasteiger partial charge in [0.25, 0.3) is 5.69 Å². The van der Waals surface area contributed by atoms with Crippen LogP contribution in [0.15, 0.2) is 56.5 Å². The van der Waals surface area contributed by atoms with Gasteiger partial charge in [0, 0.05) is 12.1 Å². The summed E-state index contributed by atoms with van der Waals surface area (Å²) in [7, 11) is -4.20. The normalized spacial score (nSPS) is 11.3. The summed E-state index contributed by atoms with van der Waals surface area (Å²) in [5.74, 6) is -0.00232. The number of hydrogen-bond acceptors (Lipinski definition) is 10. The van der Waals surface area contributed by atoms with Gasteiger partial charge in [-0.25, -0.2) is 8.42 Å². The summed E-state index contributed by atoms with van der Waals surface area (Å²) in [6.45, 7) is 0.999. The van der Waals surface area contributed by atoms with E-state index in [4.69, 9.17) is 13.7 Å². The number of esters is 1. The fraction of sp³-hybridized carbons (Fsp3) is 0.222. The van der Waals surface area contributed by atoms with E-state index in [-0.39, 0.29) is 23.7 Å². The summed E-state index contributed by atoms with van der Waals surface area (Å²) >= 11 is 0. The van der Waals surface area contributed by atoms with Gasteiger partial charge in [0.2, 0.25) is 10.0 Å². The molecule has 2 N–H and O–H groups in total. The Morgan fingerprint density at radius 1 is 1.26 bits per heavy atom. The van der Waals surface area contributed by atoms with Crippen LogP contribution in [-0.2, 0) is 32.7 Å². The van der Waals surface area contributed by atoms with E-state index >= 15 is 0 Å². The molecule has 2 heterocycles.